The molecular weight excluding hydrogens is 333 g/mol. The Kier molecular flexibility index (Phi) is 4.48. The van der Waals surface area contributed by atoms with E-state index in [1.807, 2.05) is 24.5 Å². The molecule has 1 N–H and O–H groups in total. The number of pyridine rings is 1. The molecule has 3 aromatic rings. The van der Waals surface area contributed by atoms with Crippen LogP contribution in [0.2, 0.25) is 0 Å². The van der Waals surface area contributed by atoms with Gasteiger partial charge in [-0.1, -0.05) is 23.4 Å². The largest absolute Gasteiger partial charge is 0.384 e. The van der Waals surface area contributed by atoms with Crippen LogP contribution in [0.4, 0.5) is 4.39 Å². The van der Waals surface area contributed by atoms with Crippen molar-refractivity contribution >= 4 is 0 Å². The average Bonchev–Trinajstić information content (AvgIpc) is 3.24. The summed E-state index contributed by atoms with van der Waals surface area (Å²) in [5, 5.41) is 19.3. The van der Waals surface area contributed by atoms with Crippen molar-refractivity contribution in [3.63, 3.8) is 0 Å². The molecule has 0 radical (unpaired) electrons. The van der Waals surface area contributed by atoms with Crippen LogP contribution >= 0.6 is 0 Å². The highest BCUT2D eigenvalue weighted by molar-refractivity contribution is 5.25. The first-order valence-electron chi connectivity index (χ1n) is 8.59. The monoisotopic (exact) mass is 353 g/mol. The summed E-state index contributed by atoms with van der Waals surface area (Å²) in [6, 6.07) is 9.98. The lowest BCUT2D eigenvalue weighted by Gasteiger charge is -2.23. The van der Waals surface area contributed by atoms with Crippen LogP contribution in [0.1, 0.15) is 23.2 Å². The highest BCUT2D eigenvalue weighted by Crippen LogP contribution is 2.32. The number of hydrogen-bond donors (Lipinski definition) is 1. The lowest BCUT2D eigenvalue weighted by Crippen LogP contribution is -2.30. The molecule has 1 fully saturated rings. The van der Waals surface area contributed by atoms with Crippen molar-refractivity contribution < 1.29 is 9.50 Å². The third-order valence-corrected chi connectivity index (χ3v) is 4.75. The summed E-state index contributed by atoms with van der Waals surface area (Å²) in [5.41, 5.74) is 1.73. The summed E-state index contributed by atoms with van der Waals surface area (Å²) in [6.07, 6.45) is 6.08. The van der Waals surface area contributed by atoms with Crippen LogP contribution in [0.5, 0.6) is 0 Å². The minimum Gasteiger partial charge on any atom is -0.384 e. The Labute approximate surface area is 150 Å². The molecule has 4 rings (SSSR count). The molecule has 6 nitrogen and oxygen atoms in total. The maximum Gasteiger partial charge on any atom is 0.123 e. The summed E-state index contributed by atoms with van der Waals surface area (Å²) in [6.45, 7) is 2.49. The van der Waals surface area contributed by atoms with Gasteiger partial charge in [0.05, 0.1) is 18.4 Å². The van der Waals surface area contributed by atoms with Crippen molar-refractivity contribution in [1.29, 1.82) is 0 Å². The zero-order valence-corrected chi connectivity index (χ0v) is 14.3. The number of aromatic nitrogens is 4. The average molecular weight is 353 g/mol. The van der Waals surface area contributed by atoms with Gasteiger partial charge in [-0.25, -0.2) is 9.07 Å². The van der Waals surface area contributed by atoms with E-state index in [-0.39, 0.29) is 5.82 Å². The molecule has 1 saturated heterocycles. The second-order valence-electron chi connectivity index (χ2n) is 6.77. The van der Waals surface area contributed by atoms with Crippen LogP contribution in [-0.4, -0.2) is 43.1 Å². The minimum absolute atomic E-state index is 0.294. The first-order valence-corrected chi connectivity index (χ1v) is 8.59. The number of β-amino-alcohol motifs (C(OH)–C–C–N with tert-alkyl or cyclic N) is 1. The van der Waals surface area contributed by atoms with Crippen LogP contribution in [0.25, 0.3) is 0 Å². The SMILES string of the molecule is OC1(c2ccc(F)cc2)CCN(Cc2cn(Cc3cccnc3)nn2)C1. The highest BCUT2D eigenvalue weighted by Gasteiger charge is 2.37. The van der Waals surface area contributed by atoms with E-state index in [0.29, 0.717) is 26.1 Å². The van der Waals surface area contributed by atoms with Crippen molar-refractivity contribution in [2.75, 3.05) is 13.1 Å². The summed E-state index contributed by atoms with van der Waals surface area (Å²) >= 11 is 0. The topological polar surface area (TPSA) is 67.1 Å². The van der Waals surface area contributed by atoms with E-state index >= 15 is 0 Å². The Balaban J connectivity index is 1.39. The van der Waals surface area contributed by atoms with Gasteiger partial charge in [-0.3, -0.25) is 9.88 Å². The molecule has 0 aliphatic carbocycles. The van der Waals surface area contributed by atoms with Crippen LogP contribution in [0.15, 0.2) is 55.0 Å². The Bertz CT molecular complexity index is 867. The predicted molar refractivity (Wildman–Crippen MR) is 93.6 cm³/mol. The Hall–Kier alpha value is -2.64. The van der Waals surface area contributed by atoms with Crippen LogP contribution in [0, 0.1) is 5.82 Å². The van der Waals surface area contributed by atoms with Gasteiger partial charge in [-0.2, -0.15) is 0 Å². The Morgan fingerprint density at radius 1 is 1.15 bits per heavy atom. The molecule has 1 aromatic carbocycles. The van der Waals surface area contributed by atoms with Crippen molar-refractivity contribution in [3.05, 3.63) is 77.6 Å². The molecule has 1 atom stereocenters. The number of rotatable bonds is 5. The summed E-state index contributed by atoms with van der Waals surface area (Å²) in [7, 11) is 0. The normalized spacial score (nSPS) is 20.5. The number of likely N-dealkylation sites (tertiary alicyclic amines) is 1. The molecule has 0 saturated carbocycles. The highest BCUT2D eigenvalue weighted by atomic mass is 19.1. The fourth-order valence-electron chi connectivity index (χ4n) is 3.40. The van der Waals surface area contributed by atoms with Crippen molar-refractivity contribution in [2.24, 2.45) is 0 Å². The number of halogens is 1. The lowest BCUT2D eigenvalue weighted by molar-refractivity contribution is 0.0451. The molecule has 1 aliphatic rings. The standard InChI is InChI=1S/C19H20FN5O/c20-17-5-3-16(4-6-17)19(26)7-9-24(14-19)12-18-13-25(23-22-18)11-15-2-1-8-21-10-15/h1-6,8,10,13,26H,7,9,11-12,14H2. The van der Waals surface area contributed by atoms with Gasteiger partial charge in [-0.05, 0) is 35.7 Å². The van der Waals surface area contributed by atoms with Crippen molar-refractivity contribution in [2.45, 2.75) is 25.1 Å². The molecule has 3 heterocycles. The molecule has 1 unspecified atom stereocenters. The van der Waals surface area contributed by atoms with Gasteiger partial charge in [-0.15, -0.1) is 5.10 Å². The smallest absolute Gasteiger partial charge is 0.123 e. The second-order valence-corrected chi connectivity index (χ2v) is 6.77. The maximum atomic E-state index is 13.1. The summed E-state index contributed by atoms with van der Waals surface area (Å²) < 4.78 is 14.9. The van der Waals surface area contributed by atoms with Crippen LogP contribution in [0.3, 0.4) is 0 Å². The molecule has 2 aromatic heterocycles. The van der Waals surface area contributed by atoms with Crippen LogP contribution in [-0.2, 0) is 18.7 Å². The zero-order chi connectivity index (χ0) is 18.0. The summed E-state index contributed by atoms with van der Waals surface area (Å²) in [5.74, 6) is -0.294. The van der Waals surface area contributed by atoms with E-state index in [0.717, 1.165) is 23.4 Å². The number of nitrogens with zero attached hydrogens (tertiary/aromatic N) is 5. The second kappa shape index (κ2) is 6.93. The minimum atomic E-state index is -0.945. The molecule has 26 heavy (non-hydrogen) atoms. The van der Waals surface area contributed by atoms with E-state index in [4.69, 9.17) is 0 Å². The van der Waals surface area contributed by atoms with Gasteiger partial charge < -0.3 is 5.11 Å². The van der Waals surface area contributed by atoms with E-state index < -0.39 is 5.60 Å². The van der Waals surface area contributed by atoms with E-state index in [9.17, 15) is 9.50 Å². The molecule has 0 bridgehead atoms. The quantitative estimate of drug-likeness (QED) is 0.759. The van der Waals surface area contributed by atoms with Gasteiger partial charge >= 0.3 is 0 Å². The number of benzene rings is 1. The van der Waals surface area contributed by atoms with E-state index in [1.54, 1.807) is 23.0 Å². The maximum absolute atomic E-state index is 13.1. The number of hydrogen-bond acceptors (Lipinski definition) is 5. The lowest BCUT2D eigenvalue weighted by atomic mass is 9.93. The van der Waals surface area contributed by atoms with Gasteiger partial charge in [0.1, 0.15) is 11.4 Å². The third-order valence-electron chi connectivity index (χ3n) is 4.75. The van der Waals surface area contributed by atoms with E-state index in [2.05, 4.69) is 20.2 Å². The predicted octanol–water partition coefficient (Wildman–Crippen LogP) is 1.95. The Morgan fingerprint density at radius 2 is 2.00 bits per heavy atom. The van der Waals surface area contributed by atoms with Gasteiger partial charge in [0, 0.05) is 32.0 Å². The van der Waals surface area contributed by atoms with Gasteiger partial charge in [0.2, 0.25) is 0 Å². The van der Waals surface area contributed by atoms with Gasteiger partial charge in [0.25, 0.3) is 0 Å². The number of aliphatic hydroxyl groups is 1. The molecule has 1 aliphatic heterocycles. The first-order chi connectivity index (χ1) is 12.6. The zero-order valence-electron chi connectivity index (χ0n) is 14.3. The van der Waals surface area contributed by atoms with Crippen molar-refractivity contribution in [3.8, 4) is 0 Å². The van der Waals surface area contributed by atoms with E-state index in [1.165, 1.54) is 12.1 Å². The molecule has 0 spiro atoms. The molecule has 0 amide bonds. The molecule has 7 heteroatoms. The van der Waals surface area contributed by atoms with Gasteiger partial charge in [0.15, 0.2) is 0 Å². The summed E-state index contributed by atoms with van der Waals surface area (Å²) in [4.78, 5) is 6.24. The van der Waals surface area contributed by atoms with Crippen molar-refractivity contribution in [1.82, 2.24) is 24.9 Å². The molecular formula is C19H20FN5O. The fraction of sp³-hybridized carbons (Fsp3) is 0.316. The third kappa shape index (κ3) is 3.63. The molecule has 134 valence electrons. The first kappa shape index (κ1) is 16.8. The Morgan fingerprint density at radius 3 is 2.77 bits per heavy atom. The van der Waals surface area contributed by atoms with Crippen LogP contribution < -0.4 is 0 Å². The fourth-order valence-corrected chi connectivity index (χ4v) is 3.40.